The predicted molar refractivity (Wildman–Crippen MR) is 169 cm³/mol. The summed E-state index contributed by atoms with van der Waals surface area (Å²) < 4.78 is 43.8. The lowest BCUT2D eigenvalue weighted by molar-refractivity contribution is -0.390. The molecule has 0 aromatic carbocycles. The van der Waals surface area contributed by atoms with Gasteiger partial charge in [-0.3, -0.25) is 0 Å². The number of hydrogen-bond acceptors (Lipinski definition) is 26. The third-order valence-corrected chi connectivity index (χ3v) is 9.96. The minimum atomic E-state index is -2.14. The first kappa shape index (κ1) is 47.6. The summed E-state index contributed by atoms with van der Waals surface area (Å²) in [7, 11) is 0. The molecule has 0 amide bonds. The molecule has 24 unspecified atom stereocenters. The van der Waals surface area contributed by atoms with Gasteiger partial charge in [0, 0.05) is 0 Å². The average molecular weight is 831 g/mol. The molecule has 56 heavy (non-hydrogen) atoms. The molecule has 0 radical (unpaired) electrons. The molecular weight excluding hydrogens is 776 g/mol. The van der Waals surface area contributed by atoms with Crippen molar-refractivity contribution in [1.29, 1.82) is 0 Å². The highest BCUT2D eigenvalue weighted by Crippen LogP contribution is 2.35. The number of aliphatic hydroxyl groups excluding tert-OH is 18. The van der Waals surface area contributed by atoms with Crippen LogP contribution in [-0.2, 0) is 37.9 Å². The van der Waals surface area contributed by atoms with Gasteiger partial charge in [0.2, 0.25) is 0 Å². The van der Waals surface area contributed by atoms with Gasteiger partial charge >= 0.3 is 0 Å². The van der Waals surface area contributed by atoms with E-state index in [1.807, 2.05) is 0 Å². The highest BCUT2D eigenvalue weighted by atomic mass is 16.8. The predicted octanol–water partition coefficient (Wildman–Crippen LogP) is -12.3. The number of aliphatic hydroxyl groups is 18. The Labute approximate surface area is 317 Å². The molecule has 4 heterocycles. The Morgan fingerprint density at radius 1 is 0.375 bits per heavy atom. The van der Waals surface area contributed by atoms with Gasteiger partial charge in [0.1, 0.15) is 122 Å². The Hall–Kier alpha value is -1.04. The van der Waals surface area contributed by atoms with Gasteiger partial charge in [-0.1, -0.05) is 0 Å². The molecule has 4 aliphatic heterocycles. The van der Waals surface area contributed by atoms with Crippen LogP contribution in [0.1, 0.15) is 0 Å². The van der Waals surface area contributed by atoms with Crippen LogP contribution in [0.2, 0.25) is 0 Å². The minimum absolute atomic E-state index is 0.816. The van der Waals surface area contributed by atoms with Crippen LogP contribution in [0, 0.1) is 0 Å². The zero-order valence-electron chi connectivity index (χ0n) is 29.4. The van der Waals surface area contributed by atoms with Crippen LogP contribution in [0.5, 0.6) is 0 Å². The minimum Gasteiger partial charge on any atom is -0.394 e. The van der Waals surface area contributed by atoms with Gasteiger partial charge in [0.15, 0.2) is 25.2 Å². The standard InChI is InChI=1S/C30H54O26/c31-1-7(37)13(39)23(8(38)2-32)53-28-20(46)16(42)25(10(4-34)50-28)55-30-22(48)18(44)26(12(6-36)52-30)56-29-21(47)17(43)24(11(5-35)51-29)54-27-19(45)15(41)14(40)9(3-33)49-27/h7-48H,1-6H2. The van der Waals surface area contributed by atoms with Gasteiger partial charge in [-0.2, -0.15) is 0 Å². The van der Waals surface area contributed by atoms with Crippen LogP contribution in [-0.4, -0.2) is 279 Å². The van der Waals surface area contributed by atoms with E-state index in [9.17, 15) is 86.8 Å². The van der Waals surface area contributed by atoms with E-state index in [4.69, 9.17) is 43.0 Å². The molecule has 26 heteroatoms. The first-order valence-electron chi connectivity index (χ1n) is 17.5. The van der Waals surface area contributed by atoms with E-state index >= 15 is 0 Å². The van der Waals surface area contributed by atoms with Gasteiger partial charge in [-0.25, -0.2) is 0 Å². The topological polar surface area (TPSA) is 438 Å². The molecule has 4 rings (SSSR count). The normalized spacial score (nSPS) is 47.2. The van der Waals surface area contributed by atoms with Gasteiger partial charge in [-0.05, 0) is 0 Å². The Morgan fingerprint density at radius 2 is 0.696 bits per heavy atom. The van der Waals surface area contributed by atoms with Gasteiger partial charge in [-0.15, -0.1) is 0 Å². The Balaban J connectivity index is 1.43. The summed E-state index contributed by atoms with van der Waals surface area (Å²) in [4.78, 5) is 0. The zero-order chi connectivity index (χ0) is 41.8. The van der Waals surface area contributed by atoms with E-state index in [1.54, 1.807) is 0 Å². The zero-order valence-corrected chi connectivity index (χ0v) is 29.4. The Bertz CT molecular complexity index is 1150. The SMILES string of the molecule is OCC(O)C(O)C(OC1OC(CO)C(OC2OC(CO)C(OC3OC(CO)C(OC4OC(CO)C(O)C(O)C4O)C(O)C3O)C(O)C2O)C(O)C1O)C(O)CO. The van der Waals surface area contributed by atoms with E-state index < -0.39 is 187 Å². The molecule has 18 N–H and O–H groups in total. The Kier molecular flexibility index (Phi) is 17.8. The molecule has 4 saturated heterocycles. The molecule has 0 saturated carbocycles. The molecule has 330 valence electrons. The highest BCUT2D eigenvalue weighted by molar-refractivity contribution is 4.98. The molecule has 0 spiro atoms. The van der Waals surface area contributed by atoms with Crippen LogP contribution >= 0.6 is 0 Å². The van der Waals surface area contributed by atoms with Crippen molar-refractivity contribution in [2.75, 3.05) is 39.6 Å². The lowest BCUT2D eigenvalue weighted by Crippen LogP contribution is -2.67. The van der Waals surface area contributed by atoms with Gasteiger partial charge in [0.25, 0.3) is 0 Å². The molecule has 4 aliphatic rings. The van der Waals surface area contributed by atoms with E-state index in [1.165, 1.54) is 0 Å². The molecular formula is C30H54O26. The van der Waals surface area contributed by atoms with E-state index in [2.05, 4.69) is 0 Å². The van der Waals surface area contributed by atoms with E-state index in [0.717, 1.165) is 0 Å². The maximum atomic E-state index is 11.1. The fourth-order valence-corrected chi connectivity index (χ4v) is 6.63. The first-order chi connectivity index (χ1) is 26.5. The van der Waals surface area contributed by atoms with Crippen molar-refractivity contribution in [3.05, 3.63) is 0 Å². The second-order valence-electron chi connectivity index (χ2n) is 13.7. The van der Waals surface area contributed by atoms with Gasteiger partial charge < -0.3 is 130 Å². The van der Waals surface area contributed by atoms with E-state index in [-0.39, 0.29) is 0 Å². The number of ether oxygens (including phenoxy) is 8. The quantitative estimate of drug-likeness (QED) is 0.0647. The summed E-state index contributed by atoms with van der Waals surface area (Å²) in [6, 6.07) is 0. The second kappa shape index (κ2) is 21.0. The average Bonchev–Trinajstić information content (AvgIpc) is 3.20. The van der Waals surface area contributed by atoms with Crippen molar-refractivity contribution in [2.24, 2.45) is 0 Å². The van der Waals surface area contributed by atoms with Crippen molar-refractivity contribution < 1.29 is 130 Å². The lowest BCUT2D eigenvalue weighted by Gasteiger charge is -2.49. The van der Waals surface area contributed by atoms with Crippen LogP contribution < -0.4 is 0 Å². The number of hydrogen-bond donors (Lipinski definition) is 18. The fraction of sp³-hybridized carbons (Fsp3) is 1.00. The van der Waals surface area contributed by atoms with Crippen LogP contribution in [0.15, 0.2) is 0 Å². The monoisotopic (exact) mass is 830 g/mol. The summed E-state index contributed by atoms with van der Waals surface area (Å²) in [5, 5.41) is 184. The molecule has 0 aliphatic carbocycles. The highest BCUT2D eigenvalue weighted by Gasteiger charge is 2.55. The van der Waals surface area contributed by atoms with Crippen molar-refractivity contribution in [3.63, 3.8) is 0 Å². The largest absolute Gasteiger partial charge is 0.394 e. The summed E-state index contributed by atoms with van der Waals surface area (Å²) in [5.41, 5.74) is 0. The lowest BCUT2D eigenvalue weighted by atomic mass is 9.95. The first-order valence-corrected chi connectivity index (χ1v) is 17.5. The summed E-state index contributed by atoms with van der Waals surface area (Å²) in [6.45, 7) is -5.79. The maximum absolute atomic E-state index is 11.1. The van der Waals surface area contributed by atoms with Crippen molar-refractivity contribution >= 4 is 0 Å². The third kappa shape index (κ3) is 10.1. The van der Waals surface area contributed by atoms with Crippen LogP contribution in [0.4, 0.5) is 0 Å². The fourth-order valence-electron chi connectivity index (χ4n) is 6.63. The van der Waals surface area contributed by atoms with Gasteiger partial charge in [0.05, 0.1) is 39.6 Å². The van der Waals surface area contributed by atoms with Crippen molar-refractivity contribution in [3.8, 4) is 0 Å². The van der Waals surface area contributed by atoms with Crippen molar-refractivity contribution in [2.45, 2.75) is 147 Å². The maximum Gasteiger partial charge on any atom is 0.187 e. The molecule has 4 fully saturated rings. The molecule has 0 aromatic heterocycles. The van der Waals surface area contributed by atoms with Crippen LogP contribution in [0.25, 0.3) is 0 Å². The molecule has 24 atom stereocenters. The Morgan fingerprint density at radius 3 is 1.05 bits per heavy atom. The third-order valence-electron chi connectivity index (χ3n) is 9.96. The molecule has 0 bridgehead atoms. The van der Waals surface area contributed by atoms with E-state index in [0.29, 0.717) is 0 Å². The number of rotatable bonds is 17. The summed E-state index contributed by atoms with van der Waals surface area (Å²) in [6.07, 6.45) is -45.3. The smallest absolute Gasteiger partial charge is 0.187 e. The second-order valence-corrected chi connectivity index (χ2v) is 13.7. The molecule has 26 nitrogen and oxygen atoms in total. The van der Waals surface area contributed by atoms with Crippen molar-refractivity contribution in [1.82, 2.24) is 0 Å². The van der Waals surface area contributed by atoms with Crippen LogP contribution in [0.3, 0.4) is 0 Å². The summed E-state index contributed by atoms with van der Waals surface area (Å²) >= 11 is 0. The summed E-state index contributed by atoms with van der Waals surface area (Å²) in [5.74, 6) is 0. The molecule has 0 aromatic rings.